The molecule has 0 heterocycles. The topological polar surface area (TPSA) is 52.6 Å². The second-order valence-corrected chi connectivity index (χ2v) is 6.94. The lowest BCUT2D eigenvalue weighted by Gasteiger charge is -2.07. The van der Waals surface area contributed by atoms with Crippen molar-refractivity contribution in [2.45, 2.75) is 9.79 Å². The molecule has 2 aromatic rings. The van der Waals surface area contributed by atoms with Crippen LogP contribution < -0.4 is 9.31 Å². The lowest BCUT2D eigenvalue weighted by Crippen LogP contribution is -2.10. The summed E-state index contributed by atoms with van der Waals surface area (Å²) in [6.45, 7) is 0. The van der Waals surface area contributed by atoms with Crippen molar-refractivity contribution in [2.24, 2.45) is 0 Å². The third-order valence-corrected chi connectivity index (χ3v) is 4.55. The van der Waals surface area contributed by atoms with Crippen LogP contribution in [0.25, 0.3) is 0 Å². The molecule has 0 spiro atoms. The van der Waals surface area contributed by atoms with Crippen molar-refractivity contribution >= 4 is 29.3 Å². The largest absolute Gasteiger partial charge is 0.658 e. The molecule has 2 rings (SSSR count). The third-order valence-electron chi connectivity index (χ3n) is 2.68. The van der Waals surface area contributed by atoms with E-state index in [1.807, 2.05) is 0 Å². The molecule has 0 saturated heterocycles. The Morgan fingerprint density at radius 3 is 1.33 bits per heavy atom. The summed E-state index contributed by atoms with van der Waals surface area (Å²) in [5.41, 5.74) is 0. The van der Waals surface area contributed by atoms with E-state index < -0.39 is 21.6 Å². The number of hydrogen-bond donors (Lipinski definition) is 0. The van der Waals surface area contributed by atoms with E-state index in [2.05, 4.69) is 0 Å². The molecule has 0 aliphatic carbocycles. The minimum atomic E-state index is -1.00. The Hall–Kier alpha value is -1.60. The highest BCUT2D eigenvalue weighted by Crippen LogP contribution is 2.16. The first kappa shape index (κ1) is 15.8. The molecule has 2 aromatic carbocycles. The molecule has 2 atom stereocenters. The molecule has 0 saturated carbocycles. The van der Waals surface area contributed by atoms with Crippen LogP contribution >= 0.6 is 0 Å². The zero-order valence-corrected chi connectivity index (χ0v) is 13.3. The van der Waals surface area contributed by atoms with Crippen molar-refractivity contribution in [2.75, 3.05) is 12.5 Å². The Kier molecular flexibility index (Phi) is 5.58. The Morgan fingerprint density at radius 2 is 1.05 bits per heavy atom. The first-order chi connectivity index (χ1) is 10.1. The lowest BCUT2D eigenvalue weighted by atomic mass is 10.3. The van der Waals surface area contributed by atoms with Crippen LogP contribution in [0.3, 0.4) is 0 Å². The summed E-state index contributed by atoms with van der Waals surface area (Å²) in [5.74, 6) is 1.19. The van der Waals surface area contributed by atoms with Crippen molar-refractivity contribution in [3.8, 4) is 11.5 Å². The Bertz CT molecular complexity index is 584. The molecular weight excluding hydrogens is 307 g/mol. The standard InChI is InChI=1S/C14H14BO4S2/c1-20(16)13-7-3-11(4-8-13)18-15-19-12-5-9-14(10-6-12)21(2)17/h3-10H,1-2H3. The van der Waals surface area contributed by atoms with Gasteiger partial charge in [0.25, 0.3) is 0 Å². The van der Waals surface area contributed by atoms with Crippen molar-refractivity contribution in [1.29, 1.82) is 0 Å². The fourth-order valence-electron chi connectivity index (χ4n) is 1.55. The Balaban J connectivity index is 1.86. The number of rotatable bonds is 6. The number of hydrogen-bond acceptors (Lipinski definition) is 4. The zero-order valence-electron chi connectivity index (χ0n) is 11.6. The lowest BCUT2D eigenvalue weighted by molar-refractivity contribution is 0.458. The highest BCUT2D eigenvalue weighted by molar-refractivity contribution is 7.84. The van der Waals surface area contributed by atoms with Crippen molar-refractivity contribution in [3.05, 3.63) is 48.5 Å². The van der Waals surface area contributed by atoms with Crippen LogP contribution in [0.1, 0.15) is 0 Å². The molecule has 2 unspecified atom stereocenters. The molecule has 0 amide bonds. The van der Waals surface area contributed by atoms with Gasteiger partial charge in [0, 0.05) is 43.9 Å². The van der Waals surface area contributed by atoms with Gasteiger partial charge in [-0.05, 0) is 48.5 Å². The summed E-state index contributed by atoms with van der Waals surface area (Å²) in [7, 11) is -0.783. The fraction of sp³-hybridized carbons (Fsp3) is 0.143. The van der Waals surface area contributed by atoms with Crippen LogP contribution in [0.15, 0.2) is 58.3 Å². The molecule has 0 aromatic heterocycles. The maximum atomic E-state index is 11.2. The van der Waals surface area contributed by atoms with Gasteiger partial charge in [-0.2, -0.15) is 0 Å². The summed E-state index contributed by atoms with van der Waals surface area (Å²) in [5, 5.41) is 0. The molecule has 0 bridgehead atoms. The fourth-order valence-corrected chi connectivity index (χ4v) is 2.59. The minimum absolute atomic E-state index is 0.593. The quantitative estimate of drug-likeness (QED) is 0.765. The van der Waals surface area contributed by atoms with E-state index in [9.17, 15) is 8.42 Å². The first-order valence-corrected chi connectivity index (χ1v) is 9.20. The first-order valence-electron chi connectivity index (χ1n) is 6.08. The van der Waals surface area contributed by atoms with Crippen LogP contribution in [-0.2, 0) is 21.6 Å². The van der Waals surface area contributed by atoms with Crippen LogP contribution in [0, 0.1) is 0 Å². The maximum Gasteiger partial charge on any atom is 0.658 e. The van der Waals surface area contributed by atoms with E-state index in [0.717, 1.165) is 9.79 Å². The molecule has 1 radical (unpaired) electrons. The van der Waals surface area contributed by atoms with E-state index in [-0.39, 0.29) is 0 Å². The van der Waals surface area contributed by atoms with Crippen LogP contribution in [-0.4, -0.2) is 28.6 Å². The van der Waals surface area contributed by atoms with E-state index in [1.54, 1.807) is 61.0 Å². The van der Waals surface area contributed by atoms with Crippen molar-refractivity contribution in [1.82, 2.24) is 0 Å². The molecule has 0 aliphatic heterocycles. The highest BCUT2D eigenvalue weighted by atomic mass is 32.2. The van der Waals surface area contributed by atoms with Gasteiger partial charge in [-0.25, -0.2) is 0 Å². The van der Waals surface area contributed by atoms with Gasteiger partial charge in [0.2, 0.25) is 0 Å². The Morgan fingerprint density at radius 1 is 0.714 bits per heavy atom. The second-order valence-electron chi connectivity index (χ2n) is 4.18. The SMILES string of the molecule is CS(=O)c1ccc(O[B]Oc2ccc(S(C)=O)cc2)cc1. The predicted molar refractivity (Wildman–Crippen MR) is 84.6 cm³/mol. The van der Waals surface area contributed by atoms with Gasteiger partial charge in [-0.1, -0.05) is 0 Å². The summed E-state index contributed by atoms with van der Waals surface area (Å²) < 4.78 is 33.1. The van der Waals surface area contributed by atoms with Crippen LogP contribution in [0.2, 0.25) is 0 Å². The van der Waals surface area contributed by atoms with E-state index >= 15 is 0 Å². The molecule has 0 N–H and O–H groups in total. The van der Waals surface area contributed by atoms with E-state index in [0.29, 0.717) is 11.5 Å². The monoisotopic (exact) mass is 321 g/mol. The third kappa shape index (κ3) is 4.72. The Labute approximate surface area is 129 Å². The zero-order chi connectivity index (χ0) is 15.2. The smallest absolute Gasteiger partial charge is 0.526 e. The molecule has 0 fully saturated rings. The molecule has 0 aliphatic rings. The normalized spacial score (nSPS) is 13.2. The molecule has 109 valence electrons. The van der Waals surface area contributed by atoms with Gasteiger partial charge in [-0.3, -0.25) is 8.42 Å². The predicted octanol–water partition coefficient (Wildman–Crippen LogP) is 2.15. The molecule has 4 nitrogen and oxygen atoms in total. The van der Waals surface area contributed by atoms with Gasteiger partial charge in [0.15, 0.2) is 0 Å². The molecule has 21 heavy (non-hydrogen) atoms. The van der Waals surface area contributed by atoms with Crippen LogP contribution in [0.4, 0.5) is 0 Å². The second kappa shape index (κ2) is 7.42. The molecule has 7 heteroatoms. The van der Waals surface area contributed by atoms with Gasteiger partial charge in [-0.15, -0.1) is 0 Å². The average Bonchev–Trinajstić information content (AvgIpc) is 2.48. The van der Waals surface area contributed by atoms with Gasteiger partial charge in [0.05, 0.1) is 0 Å². The van der Waals surface area contributed by atoms with Crippen LogP contribution in [0.5, 0.6) is 11.5 Å². The average molecular weight is 321 g/mol. The van der Waals surface area contributed by atoms with Crippen molar-refractivity contribution < 1.29 is 17.7 Å². The van der Waals surface area contributed by atoms with E-state index in [1.165, 1.54) is 7.69 Å². The summed E-state index contributed by atoms with van der Waals surface area (Å²) in [4.78, 5) is 1.48. The maximum absolute atomic E-state index is 11.2. The van der Waals surface area contributed by atoms with Crippen molar-refractivity contribution in [3.63, 3.8) is 0 Å². The van der Waals surface area contributed by atoms with E-state index in [4.69, 9.17) is 9.31 Å². The summed E-state index contributed by atoms with van der Waals surface area (Å²) in [6, 6.07) is 13.9. The minimum Gasteiger partial charge on any atom is -0.526 e. The number of benzene rings is 2. The van der Waals surface area contributed by atoms with Gasteiger partial charge >= 0.3 is 7.69 Å². The molecular formula is C14H14BO4S2. The van der Waals surface area contributed by atoms with Gasteiger partial charge < -0.3 is 9.31 Å². The highest BCUT2D eigenvalue weighted by Gasteiger charge is 2.04. The van der Waals surface area contributed by atoms with Gasteiger partial charge in [0.1, 0.15) is 11.5 Å². The summed E-state index contributed by atoms with van der Waals surface area (Å²) >= 11 is 0. The summed E-state index contributed by atoms with van der Waals surface area (Å²) in [6.07, 6.45) is 3.25.